The van der Waals surface area contributed by atoms with Gasteiger partial charge < -0.3 is 16.0 Å². The van der Waals surface area contributed by atoms with E-state index in [0.29, 0.717) is 17.4 Å². The minimum absolute atomic E-state index is 0.154. The highest BCUT2D eigenvalue weighted by Crippen LogP contribution is 2.35. The van der Waals surface area contributed by atoms with Gasteiger partial charge in [0.2, 0.25) is 11.6 Å². The Kier molecular flexibility index (Phi) is 5.02. The molecule has 3 aromatic carbocycles. The third-order valence-electron chi connectivity index (χ3n) is 4.69. The maximum atomic E-state index is 13.7. The Labute approximate surface area is 171 Å². The Morgan fingerprint density at radius 3 is 2.07 bits per heavy atom. The van der Waals surface area contributed by atoms with E-state index in [0.717, 1.165) is 17.8 Å². The maximum absolute atomic E-state index is 13.7. The van der Waals surface area contributed by atoms with Gasteiger partial charge in [-0.15, -0.1) is 0 Å². The fourth-order valence-electron chi connectivity index (χ4n) is 3.23. The fourth-order valence-corrected chi connectivity index (χ4v) is 3.23. The van der Waals surface area contributed by atoms with Crippen molar-refractivity contribution in [1.29, 1.82) is 0 Å². The lowest BCUT2D eigenvalue weighted by Crippen LogP contribution is -2.21. The van der Waals surface area contributed by atoms with Gasteiger partial charge in [0.25, 0.3) is 0 Å². The number of carbonyl (C=O) groups excluding carboxylic acids is 2. The lowest BCUT2D eigenvalue weighted by Gasteiger charge is -2.11. The summed E-state index contributed by atoms with van der Waals surface area (Å²) in [5.74, 6) is -3.00. The third-order valence-corrected chi connectivity index (χ3v) is 4.69. The Bertz CT molecular complexity index is 1170. The molecular weight excluding hydrogens is 388 g/mol. The van der Waals surface area contributed by atoms with Crippen LogP contribution < -0.4 is 16.0 Å². The molecule has 0 aromatic heterocycles. The summed E-state index contributed by atoms with van der Waals surface area (Å²) < 4.78 is 27.4. The normalized spacial score (nSPS) is 13.7. The zero-order chi connectivity index (χ0) is 21.3. The number of fused-ring (bicyclic) bond motifs is 1. The van der Waals surface area contributed by atoms with Crippen molar-refractivity contribution >= 4 is 28.6 Å². The van der Waals surface area contributed by atoms with E-state index in [9.17, 15) is 18.4 Å². The maximum Gasteiger partial charge on any atom is 0.200 e. The molecule has 0 radical (unpaired) electrons. The molecule has 0 bridgehead atoms. The van der Waals surface area contributed by atoms with E-state index in [-0.39, 0.29) is 22.5 Å². The van der Waals surface area contributed by atoms with Crippen molar-refractivity contribution in [3.8, 4) is 0 Å². The number of hydrogen-bond donors (Lipinski definition) is 3. The standard InChI is InChI=1S/C23H17F2N3O2/c1-26-17-7-8-18-19(12-17)28-23(27-18)20(21(29)13-5-3-2-4-6-13)22(30)14-9-15(24)11-16(25)10-14/h2-12,26-28H,1H3/b23-20-. The number of hydrogen-bond acceptors (Lipinski definition) is 5. The summed E-state index contributed by atoms with van der Waals surface area (Å²) in [4.78, 5) is 26.5. The van der Waals surface area contributed by atoms with E-state index < -0.39 is 23.2 Å². The Hall–Kier alpha value is -4.00. The number of carbonyl (C=O) groups is 2. The first-order valence-electron chi connectivity index (χ1n) is 9.17. The monoisotopic (exact) mass is 405 g/mol. The molecule has 0 spiro atoms. The molecule has 0 aliphatic carbocycles. The number of halogens is 2. The fraction of sp³-hybridized carbons (Fsp3) is 0.0435. The minimum Gasteiger partial charge on any atom is -0.388 e. The van der Waals surface area contributed by atoms with Gasteiger partial charge >= 0.3 is 0 Å². The van der Waals surface area contributed by atoms with E-state index in [1.807, 2.05) is 12.1 Å². The van der Waals surface area contributed by atoms with E-state index in [1.54, 1.807) is 43.4 Å². The molecule has 5 nitrogen and oxygen atoms in total. The van der Waals surface area contributed by atoms with Crippen LogP contribution >= 0.6 is 0 Å². The van der Waals surface area contributed by atoms with Crippen molar-refractivity contribution in [2.24, 2.45) is 0 Å². The van der Waals surface area contributed by atoms with Crippen LogP contribution in [0.15, 0.2) is 78.1 Å². The number of nitrogens with one attached hydrogen (secondary N) is 3. The molecule has 0 amide bonds. The first kappa shape index (κ1) is 19.3. The highest BCUT2D eigenvalue weighted by atomic mass is 19.1. The predicted octanol–water partition coefficient (Wildman–Crippen LogP) is 4.82. The van der Waals surface area contributed by atoms with E-state index in [2.05, 4.69) is 16.0 Å². The molecular formula is C23H17F2N3O2. The van der Waals surface area contributed by atoms with Gasteiger partial charge in [-0.3, -0.25) is 9.59 Å². The summed E-state index contributed by atoms with van der Waals surface area (Å²) >= 11 is 0. The van der Waals surface area contributed by atoms with E-state index >= 15 is 0 Å². The molecule has 0 unspecified atom stereocenters. The van der Waals surface area contributed by atoms with E-state index in [1.165, 1.54) is 0 Å². The summed E-state index contributed by atoms with van der Waals surface area (Å²) in [6, 6.07) is 16.2. The van der Waals surface area contributed by atoms with Crippen LogP contribution in [0.4, 0.5) is 25.8 Å². The van der Waals surface area contributed by atoms with Crippen LogP contribution in [0.3, 0.4) is 0 Å². The first-order valence-corrected chi connectivity index (χ1v) is 9.17. The van der Waals surface area contributed by atoms with Crippen LogP contribution in [0.5, 0.6) is 0 Å². The van der Waals surface area contributed by atoms with Crippen LogP contribution in [-0.4, -0.2) is 18.6 Å². The van der Waals surface area contributed by atoms with Gasteiger partial charge in [0.1, 0.15) is 23.0 Å². The number of ketones is 2. The van der Waals surface area contributed by atoms with Crippen molar-refractivity contribution in [1.82, 2.24) is 0 Å². The van der Waals surface area contributed by atoms with Gasteiger partial charge in [-0.05, 0) is 30.3 Å². The molecule has 0 saturated carbocycles. The molecule has 0 saturated heterocycles. The van der Waals surface area contributed by atoms with E-state index in [4.69, 9.17) is 0 Å². The van der Waals surface area contributed by atoms with Gasteiger partial charge in [0, 0.05) is 29.9 Å². The SMILES string of the molecule is CNc1ccc2c(c1)N/C(=C(/C(=O)c1ccccc1)C(=O)c1cc(F)cc(F)c1)N2. The van der Waals surface area contributed by atoms with Gasteiger partial charge in [-0.1, -0.05) is 30.3 Å². The summed E-state index contributed by atoms with van der Waals surface area (Å²) in [5, 5.41) is 9.08. The zero-order valence-electron chi connectivity index (χ0n) is 15.9. The topological polar surface area (TPSA) is 70.2 Å². The number of anilines is 3. The van der Waals surface area contributed by atoms with Gasteiger partial charge in [0.15, 0.2) is 0 Å². The average Bonchev–Trinajstić information content (AvgIpc) is 3.16. The third kappa shape index (κ3) is 3.65. The van der Waals surface area contributed by atoms with Crippen molar-refractivity contribution in [2.45, 2.75) is 0 Å². The number of benzene rings is 3. The number of allylic oxidation sites excluding steroid dienone is 1. The molecule has 0 fully saturated rings. The first-order chi connectivity index (χ1) is 14.5. The molecule has 1 aliphatic heterocycles. The van der Waals surface area contributed by atoms with Crippen LogP contribution in [0, 0.1) is 11.6 Å². The number of rotatable bonds is 5. The van der Waals surface area contributed by atoms with Crippen molar-refractivity contribution in [2.75, 3.05) is 23.0 Å². The molecule has 0 atom stereocenters. The second-order valence-corrected chi connectivity index (χ2v) is 6.69. The van der Waals surface area contributed by atoms with Crippen molar-refractivity contribution in [3.63, 3.8) is 0 Å². The van der Waals surface area contributed by atoms with Crippen LogP contribution in [0.1, 0.15) is 20.7 Å². The van der Waals surface area contributed by atoms with Crippen LogP contribution in [-0.2, 0) is 0 Å². The van der Waals surface area contributed by atoms with Crippen LogP contribution in [0.25, 0.3) is 0 Å². The Morgan fingerprint density at radius 2 is 1.40 bits per heavy atom. The summed E-state index contributed by atoms with van der Waals surface area (Å²) in [6.45, 7) is 0. The molecule has 3 aromatic rings. The minimum atomic E-state index is -0.899. The predicted molar refractivity (Wildman–Crippen MR) is 112 cm³/mol. The summed E-state index contributed by atoms with van der Waals surface area (Å²) in [7, 11) is 1.77. The summed E-state index contributed by atoms with van der Waals surface area (Å²) in [6.07, 6.45) is 0. The summed E-state index contributed by atoms with van der Waals surface area (Å²) in [5.41, 5.74) is 1.94. The quantitative estimate of drug-likeness (QED) is 0.246. The zero-order valence-corrected chi connectivity index (χ0v) is 15.9. The Balaban J connectivity index is 1.83. The number of Topliss-reactive ketones (excluding diaryl/α,β-unsaturated/α-hetero) is 2. The van der Waals surface area contributed by atoms with Gasteiger partial charge in [-0.2, -0.15) is 0 Å². The highest BCUT2D eigenvalue weighted by Gasteiger charge is 2.29. The molecule has 7 heteroatoms. The molecule has 4 rings (SSSR count). The van der Waals surface area contributed by atoms with Gasteiger partial charge in [0.05, 0.1) is 11.4 Å². The van der Waals surface area contributed by atoms with Gasteiger partial charge in [-0.25, -0.2) is 8.78 Å². The second-order valence-electron chi connectivity index (χ2n) is 6.69. The Morgan fingerprint density at radius 1 is 0.767 bits per heavy atom. The molecule has 150 valence electrons. The highest BCUT2D eigenvalue weighted by molar-refractivity contribution is 6.32. The largest absolute Gasteiger partial charge is 0.388 e. The molecule has 1 aliphatic rings. The lowest BCUT2D eigenvalue weighted by atomic mass is 9.95. The van der Waals surface area contributed by atoms with Crippen molar-refractivity contribution in [3.05, 3.63) is 101 Å². The molecule has 3 N–H and O–H groups in total. The van der Waals surface area contributed by atoms with Crippen LogP contribution in [0.2, 0.25) is 0 Å². The van der Waals surface area contributed by atoms with Crippen molar-refractivity contribution < 1.29 is 18.4 Å². The smallest absolute Gasteiger partial charge is 0.200 e. The molecule has 30 heavy (non-hydrogen) atoms. The molecule has 1 heterocycles. The lowest BCUT2D eigenvalue weighted by molar-refractivity contribution is 0.0960. The second kappa shape index (κ2) is 7.79. The average molecular weight is 405 g/mol.